The first-order valence-corrected chi connectivity index (χ1v) is 6.37. The van der Waals surface area contributed by atoms with Crippen LogP contribution in [0.1, 0.15) is 24.3 Å². The SMILES string of the molecule is CCOc1ccc(C(Cl)CCOCC(F)(F)F)cc1. The van der Waals surface area contributed by atoms with E-state index < -0.39 is 12.8 Å². The Bertz CT molecular complexity index is 365. The van der Waals surface area contributed by atoms with Crippen molar-refractivity contribution >= 4 is 11.6 Å². The molecule has 0 bridgehead atoms. The summed E-state index contributed by atoms with van der Waals surface area (Å²) in [5, 5.41) is -0.371. The van der Waals surface area contributed by atoms with Gasteiger partial charge in [0.15, 0.2) is 0 Å². The first-order valence-electron chi connectivity index (χ1n) is 5.93. The van der Waals surface area contributed by atoms with Crippen molar-refractivity contribution in [2.45, 2.75) is 24.9 Å². The highest BCUT2D eigenvalue weighted by Gasteiger charge is 2.27. The van der Waals surface area contributed by atoms with Gasteiger partial charge in [-0.25, -0.2) is 0 Å². The lowest BCUT2D eigenvalue weighted by Gasteiger charge is -2.12. The van der Waals surface area contributed by atoms with Gasteiger partial charge in [0.1, 0.15) is 12.4 Å². The summed E-state index contributed by atoms with van der Waals surface area (Å²) in [4.78, 5) is 0. The number of rotatable bonds is 7. The predicted octanol–water partition coefficient (Wildman–Crippen LogP) is 4.33. The van der Waals surface area contributed by atoms with E-state index in [4.69, 9.17) is 16.3 Å². The molecule has 0 N–H and O–H groups in total. The minimum absolute atomic E-state index is 0.0269. The van der Waals surface area contributed by atoms with Crippen molar-refractivity contribution in [2.75, 3.05) is 19.8 Å². The Kier molecular flexibility index (Phi) is 6.45. The summed E-state index contributed by atoms with van der Waals surface area (Å²) < 4.78 is 45.3. The lowest BCUT2D eigenvalue weighted by atomic mass is 10.1. The van der Waals surface area contributed by atoms with Crippen LogP contribution in [0.15, 0.2) is 24.3 Å². The van der Waals surface area contributed by atoms with Crippen molar-refractivity contribution < 1.29 is 22.6 Å². The summed E-state index contributed by atoms with van der Waals surface area (Å²) in [6, 6.07) is 7.16. The summed E-state index contributed by atoms with van der Waals surface area (Å²) in [5.41, 5.74) is 0.834. The Morgan fingerprint density at radius 1 is 1.21 bits per heavy atom. The van der Waals surface area contributed by atoms with Gasteiger partial charge in [0.25, 0.3) is 0 Å². The minimum atomic E-state index is -4.29. The standard InChI is InChI=1S/C13H16ClF3O2/c1-2-19-11-5-3-10(4-6-11)12(14)7-8-18-9-13(15,16)17/h3-6,12H,2,7-9H2,1H3. The van der Waals surface area contributed by atoms with Crippen LogP contribution in [0.25, 0.3) is 0 Å². The normalized spacial score (nSPS) is 13.3. The molecule has 0 radical (unpaired) electrons. The molecule has 0 saturated heterocycles. The van der Waals surface area contributed by atoms with Crippen LogP contribution in [0.3, 0.4) is 0 Å². The summed E-state index contributed by atoms with van der Waals surface area (Å²) in [6.07, 6.45) is -3.97. The molecule has 0 fully saturated rings. The molecule has 1 rings (SSSR count). The molecular formula is C13H16ClF3O2. The molecule has 19 heavy (non-hydrogen) atoms. The molecule has 1 atom stereocenters. The van der Waals surface area contributed by atoms with Crippen molar-refractivity contribution in [1.29, 1.82) is 0 Å². The Balaban J connectivity index is 2.34. The van der Waals surface area contributed by atoms with Crippen LogP contribution >= 0.6 is 11.6 Å². The molecule has 0 amide bonds. The fraction of sp³-hybridized carbons (Fsp3) is 0.538. The van der Waals surface area contributed by atoms with E-state index >= 15 is 0 Å². The summed E-state index contributed by atoms with van der Waals surface area (Å²) >= 11 is 6.08. The van der Waals surface area contributed by atoms with Gasteiger partial charge < -0.3 is 9.47 Å². The predicted molar refractivity (Wildman–Crippen MR) is 67.7 cm³/mol. The number of hydrogen-bond acceptors (Lipinski definition) is 2. The van der Waals surface area contributed by atoms with Gasteiger partial charge in [-0.05, 0) is 31.0 Å². The third-order valence-electron chi connectivity index (χ3n) is 2.33. The maximum Gasteiger partial charge on any atom is 0.411 e. The van der Waals surface area contributed by atoms with Gasteiger partial charge >= 0.3 is 6.18 Å². The number of alkyl halides is 4. The lowest BCUT2D eigenvalue weighted by molar-refractivity contribution is -0.174. The smallest absolute Gasteiger partial charge is 0.411 e. The van der Waals surface area contributed by atoms with Crippen molar-refractivity contribution in [3.8, 4) is 5.75 Å². The fourth-order valence-corrected chi connectivity index (χ4v) is 1.72. The zero-order valence-electron chi connectivity index (χ0n) is 10.5. The summed E-state index contributed by atoms with van der Waals surface area (Å²) in [6.45, 7) is 1.20. The van der Waals surface area contributed by atoms with Crippen LogP contribution in [0.5, 0.6) is 5.75 Å². The highest BCUT2D eigenvalue weighted by Crippen LogP contribution is 2.26. The fourth-order valence-electron chi connectivity index (χ4n) is 1.48. The molecule has 0 aromatic heterocycles. The Morgan fingerprint density at radius 2 is 1.84 bits per heavy atom. The van der Waals surface area contributed by atoms with E-state index in [1.807, 2.05) is 6.92 Å². The van der Waals surface area contributed by atoms with Gasteiger partial charge in [0, 0.05) is 6.61 Å². The highest BCUT2D eigenvalue weighted by molar-refractivity contribution is 6.20. The van der Waals surface area contributed by atoms with Gasteiger partial charge in [-0.15, -0.1) is 11.6 Å². The third-order valence-corrected chi connectivity index (χ3v) is 2.80. The van der Waals surface area contributed by atoms with Gasteiger partial charge in [-0.1, -0.05) is 12.1 Å². The van der Waals surface area contributed by atoms with E-state index in [0.29, 0.717) is 13.0 Å². The molecule has 6 heteroatoms. The molecule has 0 aliphatic heterocycles. The van der Waals surface area contributed by atoms with Crippen LogP contribution < -0.4 is 4.74 Å². The molecule has 108 valence electrons. The van der Waals surface area contributed by atoms with E-state index in [0.717, 1.165) is 11.3 Å². The van der Waals surface area contributed by atoms with Crippen LogP contribution in [0.2, 0.25) is 0 Å². The largest absolute Gasteiger partial charge is 0.494 e. The quantitative estimate of drug-likeness (QED) is 0.550. The Labute approximate surface area is 115 Å². The monoisotopic (exact) mass is 296 g/mol. The number of hydrogen-bond donors (Lipinski definition) is 0. The molecule has 1 aromatic carbocycles. The van der Waals surface area contributed by atoms with Crippen LogP contribution in [0, 0.1) is 0 Å². The molecule has 1 aromatic rings. The maximum absolute atomic E-state index is 11.8. The van der Waals surface area contributed by atoms with Crippen molar-refractivity contribution in [1.82, 2.24) is 0 Å². The third kappa shape index (κ3) is 6.68. The topological polar surface area (TPSA) is 18.5 Å². The molecule has 0 heterocycles. The van der Waals surface area contributed by atoms with Crippen LogP contribution in [0.4, 0.5) is 13.2 Å². The summed E-state index contributed by atoms with van der Waals surface area (Å²) in [7, 11) is 0. The zero-order valence-corrected chi connectivity index (χ0v) is 11.3. The van der Waals surface area contributed by atoms with E-state index in [-0.39, 0.29) is 12.0 Å². The molecule has 1 unspecified atom stereocenters. The molecule has 0 aliphatic rings. The van der Waals surface area contributed by atoms with Crippen LogP contribution in [-0.2, 0) is 4.74 Å². The molecular weight excluding hydrogens is 281 g/mol. The van der Waals surface area contributed by atoms with E-state index in [9.17, 15) is 13.2 Å². The van der Waals surface area contributed by atoms with Gasteiger partial charge in [-0.2, -0.15) is 13.2 Å². The Morgan fingerprint density at radius 3 is 2.37 bits per heavy atom. The molecule has 0 spiro atoms. The average Bonchev–Trinajstić information content (AvgIpc) is 2.34. The zero-order chi connectivity index (χ0) is 14.3. The number of benzene rings is 1. The maximum atomic E-state index is 11.8. The number of ether oxygens (including phenoxy) is 2. The van der Waals surface area contributed by atoms with Crippen molar-refractivity contribution in [3.63, 3.8) is 0 Å². The van der Waals surface area contributed by atoms with E-state index in [1.165, 1.54) is 0 Å². The first-order chi connectivity index (χ1) is 8.92. The van der Waals surface area contributed by atoms with Crippen molar-refractivity contribution in [3.05, 3.63) is 29.8 Å². The Hall–Kier alpha value is -0.940. The molecule has 2 nitrogen and oxygen atoms in total. The summed E-state index contributed by atoms with van der Waals surface area (Å²) in [5.74, 6) is 0.739. The second-order valence-corrected chi connectivity index (χ2v) is 4.45. The second-order valence-electron chi connectivity index (χ2n) is 3.93. The van der Waals surface area contributed by atoms with Gasteiger partial charge in [0.2, 0.25) is 0 Å². The first kappa shape index (κ1) is 16.1. The molecule has 0 aliphatic carbocycles. The van der Waals surface area contributed by atoms with Crippen molar-refractivity contribution in [2.24, 2.45) is 0 Å². The van der Waals surface area contributed by atoms with Crippen LogP contribution in [-0.4, -0.2) is 26.0 Å². The van der Waals surface area contributed by atoms with Gasteiger partial charge in [0.05, 0.1) is 12.0 Å². The number of halogens is 4. The van der Waals surface area contributed by atoms with E-state index in [1.54, 1.807) is 24.3 Å². The second kappa shape index (κ2) is 7.60. The average molecular weight is 297 g/mol. The highest BCUT2D eigenvalue weighted by atomic mass is 35.5. The van der Waals surface area contributed by atoms with Gasteiger partial charge in [-0.3, -0.25) is 0 Å². The minimum Gasteiger partial charge on any atom is -0.494 e. The molecule has 0 saturated carbocycles. The van der Waals surface area contributed by atoms with E-state index in [2.05, 4.69) is 4.74 Å². The lowest BCUT2D eigenvalue weighted by Crippen LogP contribution is -2.17.